The minimum atomic E-state index is -3.12. The smallest absolute Gasteiger partial charge is 0.292 e. The Hall–Kier alpha value is -1.41. The first-order valence-corrected chi connectivity index (χ1v) is 8.93. The second-order valence-electron chi connectivity index (χ2n) is 6.05. The van der Waals surface area contributed by atoms with E-state index in [4.69, 9.17) is 4.52 Å². The lowest BCUT2D eigenvalue weighted by Crippen LogP contribution is -2.40. The van der Waals surface area contributed by atoms with Crippen LogP contribution < -0.4 is 4.72 Å². The largest absolute Gasteiger partial charge is 0.351 e. The number of aromatic nitrogens is 1. The van der Waals surface area contributed by atoms with Crippen LogP contribution in [-0.4, -0.2) is 50.3 Å². The summed E-state index contributed by atoms with van der Waals surface area (Å²) in [5.41, 5.74) is 0.218. The van der Waals surface area contributed by atoms with Gasteiger partial charge >= 0.3 is 0 Å². The number of amides is 1. The maximum Gasteiger partial charge on any atom is 0.292 e. The van der Waals surface area contributed by atoms with Crippen LogP contribution in [0.1, 0.15) is 29.8 Å². The highest BCUT2D eigenvalue weighted by atomic mass is 32.2. The molecule has 8 heteroatoms. The molecule has 1 aliphatic carbocycles. The van der Waals surface area contributed by atoms with Gasteiger partial charge in [0, 0.05) is 25.7 Å². The van der Waals surface area contributed by atoms with Gasteiger partial charge in [-0.05, 0) is 30.6 Å². The zero-order valence-corrected chi connectivity index (χ0v) is 12.7. The van der Waals surface area contributed by atoms with Gasteiger partial charge in [-0.2, -0.15) is 0 Å². The zero-order chi connectivity index (χ0) is 15.1. The van der Waals surface area contributed by atoms with Gasteiger partial charge in [0.1, 0.15) is 0 Å². The molecule has 1 saturated heterocycles. The molecule has 21 heavy (non-hydrogen) atoms. The molecule has 2 heterocycles. The fourth-order valence-corrected chi connectivity index (χ4v) is 3.73. The summed E-state index contributed by atoms with van der Waals surface area (Å²) in [5, 5.41) is 3.55. The number of carbonyl (C=O) groups excluding carboxylic acids is 1. The van der Waals surface area contributed by atoms with Gasteiger partial charge in [-0.25, -0.2) is 13.1 Å². The third kappa shape index (κ3) is 3.11. The topological polar surface area (TPSA) is 92.5 Å². The number of rotatable bonds is 4. The number of carbonyl (C=O) groups is 1. The molecule has 116 valence electrons. The Labute approximate surface area is 123 Å². The molecule has 1 spiro atoms. The second-order valence-corrected chi connectivity index (χ2v) is 7.89. The summed E-state index contributed by atoms with van der Waals surface area (Å²) in [6, 6.07) is 1.57. The van der Waals surface area contributed by atoms with Crippen LogP contribution in [-0.2, 0) is 10.0 Å². The summed E-state index contributed by atoms with van der Waals surface area (Å²) in [6.07, 6.45) is 5.53. The van der Waals surface area contributed by atoms with E-state index in [1.807, 2.05) is 0 Å². The molecule has 0 bridgehead atoms. The molecule has 1 amide bonds. The summed E-state index contributed by atoms with van der Waals surface area (Å²) < 4.78 is 29.7. The fraction of sp³-hybridized carbons (Fsp3) is 0.692. The summed E-state index contributed by atoms with van der Waals surface area (Å²) >= 11 is 0. The third-order valence-corrected chi connectivity index (χ3v) is 5.34. The first-order valence-electron chi connectivity index (χ1n) is 7.04. The molecule has 1 unspecified atom stereocenters. The van der Waals surface area contributed by atoms with E-state index in [0.29, 0.717) is 25.6 Å². The minimum Gasteiger partial charge on any atom is -0.351 e. The number of hydrogen-bond donors (Lipinski definition) is 1. The number of hydrogen-bond acceptors (Lipinski definition) is 5. The van der Waals surface area contributed by atoms with E-state index < -0.39 is 10.0 Å². The molecule has 1 aromatic rings. The van der Waals surface area contributed by atoms with Crippen molar-refractivity contribution >= 4 is 15.9 Å². The highest BCUT2D eigenvalue weighted by molar-refractivity contribution is 7.88. The first kappa shape index (κ1) is 14.5. The quantitative estimate of drug-likeness (QED) is 0.872. The molecular weight excluding hydrogens is 294 g/mol. The van der Waals surface area contributed by atoms with Crippen LogP contribution in [0.3, 0.4) is 0 Å². The molecule has 1 saturated carbocycles. The Bertz CT molecular complexity index is 618. The van der Waals surface area contributed by atoms with Crippen LogP contribution >= 0.6 is 0 Å². The number of nitrogens with zero attached hydrogens (tertiary/aromatic N) is 2. The maximum absolute atomic E-state index is 12.1. The van der Waals surface area contributed by atoms with Crippen molar-refractivity contribution < 1.29 is 17.7 Å². The summed E-state index contributed by atoms with van der Waals surface area (Å²) in [6.45, 7) is 1.89. The number of sulfonamides is 1. The average Bonchev–Trinajstić information content (AvgIpc) is 2.88. The van der Waals surface area contributed by atoms with Gasteiger partial charge in [0.25, 0.3) is 5.91 Å². The van der Waals surface area contributed by atoms with Crippen LogP contribution in [0.2, 0.25) is 0 Å². The molecule has 1 aliphatic heterocycles. The molecule has 0 radical (unpaired) electrons. The lowest BCUT2D eigenvalue weighted by atomic mass is 9.90. The van der Waals surface area contributed by atoms with Crippen LogP contribution in [0, 0.1) is 11.3 Å². The van der Waals surface area contributed by atoms with Gasteiger partial charge in [-0.3, -0.25) is 4.79 Å². The second kappa shape index (κ2) is 5.10. The SMILES string of the molecule is CS(=O)(=O)NCC1CC12CCN(C(=O)c1ccno1)CC2. The van der Waals surface area contributed by atoms with Crippen molar-refractivity contribution in [1.82, 2.24) is 14.8 Å². The summed E-state index contributed by atoms with van der Waals surface area (Å²) in [4.78, 5) is 13.9. The Morgan fingerprint density at radius 2 is 2.24 bits per heavy atom. The van der Waals surface area contributed by atoms with Gasteiger partial charge in [0.05, 0.1) is 12.5 Å². The van der Waals surface area contributed by atoms with Crippen molar-refractivity contribution in [2.45, 2.75) is 19.3 Å². The van der Waals surface area contributed by atoms with Gasteiger partial charge < -0.3 is 9.42 Å². The highest BCUT2D eigenvalue weighted by Crippen LogP contribution is 2.59. The Morgan fingerprint density at radius 1 is 1.52 bits per heavy atom. The predicted octanol–water partition coefficient (Wildman–Crippen LogP) is 0.466. The normalized spacial score (nSPS) is 24.2. The van der Waals surface area contributed by atoms with Crippen LogP contribution in [0.4, 0.5) is 0 Å². The Morgan fingerprint density at radius 3 is 2.81 bits per heavy atom. The third-order valence-electron chi connectivity index (χ3n) is 4.65. The van der Waals surface area contributed by atoms with E-state index in [2.05, 4.69) is 9.88 Å². The van der Waals surface area contributed by atoms with Crippen molar-refractivity contribution in [2.75, 3.05) is 25.9 Å². The average molecular weight is 313 g/mol. The van der Waals surface area contributed by atoms with Crippen LogP contribution in [0.5, 0.6) is 0 Å². The molecule has 1 atom stereocenters. The van der Waals surface area contributed by atoms with E-state index >= 15 is 0 Å². The molecule has 3 rings (SSSR count). The van der Waals surface area contributed by atoms with E-state index in [1.54, 1.807) is 11.0 Å². The molecule has 0 aromatic carbocycles. The first-order chi connectivity index (χ1) is 9.90. The highest BCUT2D eigenvalue weighted by Gasteiger charge is 2.54. The molecule has 1 N–H and O–H groups in total. The van der Waals surface area contributed by atoms with Crippen molar-refractivity contribution in [2.24, 2.45) is 11.3 Å². The summed E-state index contributed by atoms with van der Waals surface area (Å²) in [7, 11) is -3.12. The molecule has 1 aromatic heterocycles. The summed E-state index contributed by atoms with van der Waals surface area (Å²) in [5.74, 6) is 0.556. The lowest BCUT2D eigenvalue weighted by Gasteiger charge is -2.32. The number of nitrogens with one attached hydrogen (secondary N) is 1. The van der Waals surface area contributed by atoms with Crippen molar-refractivity contribution in [3.05, 3.63) is 18.0 Å². The van der Waals surface area contributed by atoms with Gasteiger partial charge in [-0.1, -0.05) is 5.16 Å². The monoisotopic (exact) mass is 313 g/mol. The van der Waals surface area contributed by atoms with Crippen LogP contribution in [0.15, 0.2) is 16.8 Å². The predicted molar refractivity (Wildman–Crippen MR) is 75.0 cm³/mol. The van der Waals surface area contributed by atoms with E-state index in [-0.39, 0.29) is 17.1 Å². The van der Waals surface area contributed by atoms with Crippen molar-refractivity contribution in [3.63, 3.8) is 0 Å². The maximum atomic E-state index is 12.1. The standard InChI is InChI=1S/C13H19N3O4S/c1-21(18,19)15-9-10-8-13(10)3-6-16(7-4-13)12(17)11-2-5-14-20-11/h2,5,10,15H,3-4,6-9H2,1H3. The molecule has 2 fully saturated rings. The minimum absolute atomic E-state index is 0.117. The molecule has 7 nitrogen and oxygen atoms in total. The van der Waals surface area contributed by atoms with Crippen LogP contribution in [0.25, 0.3) is 0 Å². The van der Waals surface area contributed by atoms with E-state index in [0.717, 1.165) is 19.3 Å². The van der Waals surface area contributed by atoms with Gasteiger partial charge in [-0.15, -0.1) is 0 Å². The van der Waals surface area contributed by atoms with Crippen molar-refractivity contribution in [3.8, 4) is 0 Å². The molecule has 2 aliphatic rings. The number of likely N-dealkylation sites (tertiary alicyclic amines) is 1. The Balaban J connectivity index is 1.51. The Kier molecular flexibility index (Phi) is 3.53. The fourth-order valence-electron chi connectivity index (χ4n) is 3.22. The van der Waals surface area contributed by atoms with E-state index in [1.165, 1.54) is 12.5 Å². The lowest BCUT2D eigenvalue weighted by molar-refractivity contribution is 0.0628. The number of piperidine rings is 1. The van der Waals surface area contributed by atoms with Crippen molar-refractivity contribution in [1.29, 1.82) is 0 Å². The molecular formula is C13H19N3O4S. The zero-order valence-electron chi connectivity index (χ0n) is 11.9. The van der Waals surface area contributed by atoms with Gasteiger partial charge in [0.15, 0.2) is 0 Å². The van der Waals surface area contributed by atoms with Gasteiger partial charge in [0.2, 0.25) is 15.8 Å². The van der Waals surface area contributed by atoms with E-state index in [9.17, 15) is 13.2 Å².